The van der Waals surface area contributed by atoms with E-state index in [0.29, 0.717) is 24.3 Å². The number of amides is 4. The van der Waals surface area contributed by atoms with Crippen LogP contribution in [-0.2, 0) is 16.0 Å². The first kappa shape index (κ1) is 18.8. The largest absolute Gasteiger partial charge is 0.485 e. The number of fused-ring (bicyclic) bond motifs is 1. The van der Waals surface area contributed by atoms with E-state index in [-0.39, 0.29) is 6.61 Å². The minimum absolute atomic E-state index is 0.0161. The summed E-state index contributed by atoms with van der Waals surface area (Å²) in [7, 11) is 0. The fraction of sp³-hybridized carbons (Fsp3) is 0.286. The van der Waals surface area contributed by atoms with Crippen LogP contribution in [0.5, 0.6) is 11.5 Å². The van der Waals surface area contributed by atoms with Gasteiger partial charge < -0.3 is 14.8 Å². The second-order valence-corrected chi connectivity index (χ2v) is 7.23. The summed E-state index contributed by atoms with van der Waals surface area (Å²) in [6, 6.07) is 16.0. The maximum Gasteiger partial charge on any atom is 0.344 e. The molecule has 0 radical (unpaired) electrons. The molecule has 2 unspecified atom stereocenters. The Bertz CT molecular complexity index is 948. The minimum atomic E-state index is -1.10. The average Bonchev–Trinajstić information content (AvgIpc) is 2.96. The van der Waals surface area contributed by atoms with Gasteiger partial charge in [-0.1, -0.05) is 42.5 Å². The van der Waals surface area contributed by atoms with Gasteiger partial charge in [-0.25, -0.2) is 4.79 Å². The third-order valence-corrected chi connectivity index (χ3v) is 5.04. The number of carbonyl (C=O) groups is 3. The molecule has 2 aliphatic heterocycles. The lowest BCUT2D eigenvalue weighted by atomic mass is 9.93. The molecule has 4 amide bonds. The zero-order valence-electron chi connectivity index (χ0n) is 15.9. The molecule has 2 aromatic rings. The molecule has 2 aliphatic rings. The number of nitrogens with one attached hydrogen (secondary N) is 2. The highest BCUT2D eigenvalue weighted by Gasteiger charge is 2.49. The summed E-state index contributed by atoms with van der Waals surface area (Å²) in [5.41, 5.74) is 2.32. The van der Waals surface area contributed by atoms with E-state index in [2.05, 4.69) is 10.7 Å². The zero-order valence-corrected chi connectivity index (χ0v) is 15.9. The van der Waals surface area contributed by atoms with Crippen LogP contribution in [0.25, 0.3) is 0 Å². The number of hydrogen-bond acceptors (Lipinski definition) is 5. The van der Waals surface area contributed by atoms with Crippen molar-refractivity contribution in [2.45, 2.75) is 31.4 Å². The van der Waals surface area contributed by atoms with Crippen LogP contribution in [0.1, 0.15) is 18.9 Å². The van der Waals surface area contributed by atoms with Crippen LogP contribution >= 0.6 is 0 Å². The van der Waals surface area contributed by atoms with Gasteiger partial charge in [0.1, 0.15) is 12.1 Å². The van der Waals surface area contributed by atoms with Gasteiger partial charge >= 0.3 is 6.03 Å². The minimum Gasteiger partial charge on any atom is -0.485 e. The molecule has 29 heavy (non-hydrogen) atoms. The highest BCUT2D eigenvalue weighted by Crippen LogP contribution is 2.31. The van der Waals surface area contributed by atoms with Crippen molar-refractivity contribution in [3.05, 3.63) is 60.2 Å². The zero-order chi connectivity index (χ0) is 20.4. The average molecular weight is 395 g/mol. The van der Waals surface area contributed by atoms with E-state index in [1.807, 2.05) is 30.3 Å². The molecule has 2 N–H and O–H groups in total. The number of nitrogens with zero attached hydrogens (tertiary/aromatic N) is 1. The van der Waals surface area contributed by atoms with Crippen molar-refractivity contribution in [3.63, 3.8) is 0 Å². The van der Waals surface area contributed by atoms with E-state index in [4.69, 9.17) is 9.47 Å². The van der Waals surface area contributed by atoms with Crippen LogP contribution in [-0.4, -0.2) is 41.1 Å². The number of rotatable bonds is 5. The highest BCUT2D eigenvalue weighted by atomic mass is 16.6. The molecule has 0 aliphatic carbocycles. The molecule has 2 aromatic carbocycles. The van der Waals surface area contributed by atoms with Crippen molar-refractivity contribution >= 4 is 17.8 Å². The lowest BCUT2D eigenvalue weighted by Crippen LogP contribution is -2.54. The summed E-state index contributed by atoms with van der Waals surface area (Å²) in [6.45, 7) is 1.64. The predicted octanol–water partition coefficient (Wildman–Crippen LogP) is 1.80. The van der Waals surface area contributed by atoms with Gasteiger partial charge in [-0.05, 0) is 37.5 Å². The molecule has 0 aromatic heterocycles. The molecule has 0 bridgehead atoms. The fourth-order valence-electron chi connectivity index (χ4n) is 3.33. The third-order valence-electron chi connectivity index (χ3n) is 5.04. The normalized spacial score (nSPS) is 22.9. The van der Waals surface area contributed by atoms with Gasteiger partial charge in [-0.15, -0.1) is 0 Å². The number of imide groups is 1. The molecule has 0 saturated carbocycles. The molecule has 4 rings (SSSR count). The van der Waals surface area contributed by atoms with Crippen LogP contribution in [0.3, 0.4) is 0 Å². The molecule has 8 nitrogen and oxygen atoms in total. The van der Waals surface area contributed by atoms with E-state index >= 15 is 0 Å². The standard InChI is InChI=1S/C21H21N3O5/c1-21(12-11-14-7-3-2-4-8-14)19(26)24(20(27)22-21)23-18(25)17-13-28-15-9-5-6-10-16(15)29-17/h2-10,17H,11-13H2,1H3,(H,22,27)(H,23,25). The molecule has 2 heterocycles. The van der Waals surface area contributed by atoms with E-state index in [9.17, 15) is 14.4 Å². The highest BCUT2D eigenvalue weighted by molar-refractivity contribution is 6.07. The van der Waals surface area contributed by atoms with Crippen molar-refractivity contribution in [1.29, 1.82) is 0 Å². The number of para-hydroxylation sites is 2. The molecule has 8 heteroatoms. The van der Waals surface area contributed by atoms with Gasteiger partial charge in [0, 0.05) is 0 Å². The SMILES string of the molecule is CC1(CCc2ccccc2)NC(=O)N(NC(=O)C2COc3ccccc3O2)C1=O. The van der Waals surface area contributed by atoms with Crippen LogP contribution in [0.2, 0.25) is 0 Å². The number of aryl methyl sites for hydroxylation is 1. The Morgan fingerprint density at radius 1 is 1.14 bits per heavy atom. The Labute approximate surface area is 167 Å². The summed E-state index contributed by atoms with van der Waals surface area (Å²) in [5.74, 6) is -0.164. The molecule has 1 fully saturated rings. The van der Waals surface area contributed by atoms with Gasteiger partial charge in [0.05, 0.1) is 0 Å². The summed E-state index contributed by atoms with van der Waals surface area (Å²) in [6.07, 6.45) is 0.0490. The van der Waals surface area contributed by atoms with E-state index in [0.717, 1.165) is 10.6 Å². The first-order valence-electron chi connectivity index (χ1n) is 9.36. The molecule has 2 atom stereocenters. The van der Waals surface area contributed by atoms with Crippen molar-refractivity contribution in [2.75, 3.05) is 6.61 Å². The Morgan fingerprint density at radius 3 is 2.59 bits per heavy atom. The smallest absolute Gasteiger partial charge is 0.344 e. The van der Waals surface area contributed by atoms with E-state index in [1.54, 1.807) is 31.2 Å². The Hall–Kier alpha value is -3.55. The molecule has 150 valence electrons. The van der Waals surface area contributed by atoms with Gasteiger partial charge in [0.15, 0.2) is 11.5 Å². The first-order valence-corrected chi connectivity index (χ1v) is 9.36. The van der Waals surface area contributed by atoms with Gasteiger partial charge in [0.25, 0.3) is 11.8 Å². The third kappa shape index (κ3) is 3.73. The second-order valence-electron chi connectivity index (χ2n) is 7.23. The van der Waals surface area contributed by atoms with Gasteiger partial charge in [-0.2, -0.15) is 5.01 Å². The molecule has 0 spiro atoms. The van der Waals surface area contributed by atoms with Crippen molar-refractivity contribution in [3.8, 4) is 11.5 Å². The summed E-state index contributed by atoms with van der Waals surface area (Å²) >= 11 is 0. The lowest BCUT2D eigenvalue weighted by molar-refractivity contribution is -0.143. The van der Waals surface area contributed by atoms with E-state index in [1.165, 1.54) is 0 Å². The van der Waals surface area contributed by atoms with Crippen molar-refractivity contribution in [2.24, 2.45) is 0 Å². The van der Waals surface area contributed by atoms with Crippen molar-refractivity contribution < 1.29 is 23.9 Å². The topological polar surface area (TPSA) is 97.0 Å². The second kappa shape index (κ2) is 7.46. The monoisotopic (exact) mass is 395 g/mol. The summed E-state index contributed by atoms with van der Waals surface area (Å²) in [4.78, 5) is 37.7. The molecular weight excluding hydrogens is 374 g/mol. The summed E-state index contributed by atoms with van der Waals surface area (Å²) < 4.78 is 11.1. The number of ether oxygens (including phenoxy) is 2. The number of hydrogen-bond donors (Lipinski definition) is 2. The Balaban J connectivity index is 1.39. The predicted molar refractivity (Wildman–Crippen MR) is 103 cm³/mol. The number of hydrazine groups is 1. The molecular formula is C21H21N3O5. The maximum atomic E-state index is 12.8. The number of urea groups is 1. The Kier molecular flexibility index (Phi) is 4.84. The first-order chi connectivity index (χ1) is 14.0. The quantitative estimate of drug-likeness (QED) is 0.753. The number of carbonyl (C=O) groups excluding carboxylic acids is 3. The van der Waals surface area contributed by atoms with E-state index < -0.39 is 29.5 Å². The lowest BCUT2D eigenvalue weighted by Gasteiger charge is -2.27. The van der Waals surface area contributed by atoms with Crippen LogP contribution in [0.15, 0.2) is 54.6 Å². The van der Waals surface area contributed by atoms with Crippen LogP contribution in [0, 0.1) is 0 Å². The Morgan fingerprint density at radius 2 is 1.83 bits per heavy atom. The summed E-state index contributed by atoms with van der Waals surface area (Å²) in [5, 5.41) is 3.39. The number of benzene rings is 2. The molecule has 1 saturated heterocycles. The van der Waals surface area contributed by atoms with Crippen LogP contribution < -0.4 is 20.2 Å². The van der Waals surface area contributed by atoms with Gasteiger partial charge in [-0.3, -0.25) is 15.0 Å². The van der Waals surface area contributed by atoms with Crippen molar-refractivity contribution in [1.82, 2.24) is 15.8 Å². The maximum absolute atomic E-state index is 12.8. The van der Waals surface area contributed by atoms with Crippen LogP contribution in [0.4, 0.5) is 4.79 Å². The fourth-order valence-corrected chi connectivity index (χ4v) is 3.33. The van der Waals surface area contributed by atoms with Gasteiger partial charge in [0.2, 0.25) is 6.10 Å².